The van der Waals surface area contributed by atoms with Gasteiger partial charge in [-0.25, -0.2) is 0 Å². The number of thiocarbonyl (C=S) groups is 1. The van der Waals surface area contributed by atoms with E-state index in [0.29, 0.717) is 5.69 Å². The quantitative estimate of drug-likeness (QED) is 0.318. The van der Waals surface area contributed by atoms with Gasteiger partial charge in [-0.2, -0.15) is 0 Å². The maximum atomic E-state index is 12.2. The number of para-hydroxylation sites is 1. The van der Waals surface area contributed by atoms with Crippen molar-refractivity contribution in [1.82, 2.24) is 15.6 Å². The summed E-state index contributed by atoms with van der Waals surface area (Å²) in [6.07, 6.45) is 1.94. The fourth-order valence-electron chi connectivity index (χ4n) is 2.30. The van der Waals surface area contributed by atoms with Crippen LogP contribution in [0.25, 0.3) is 10.9 Å². The van der Waals surface area contributed by atoms with Crippen molar-refractivity contribution in [2.45, 2.75) is 9.96 Å². The van der Waals surface area contributed by atoms with Crippen molar-refractivity contribution in [2.75, 3.05) is 5.32 Å². The van der Waals surface area contributed by atoms with Gasteiger partial charge in [-0.15, -0.1) is 0 Å². The Morgan fingerprint density at radius 1 is 1.11 bits per heavy atom. The summed E-state index contributed by atoms with van der Waals surface area (Å²) in [5, 5.41) is 9.40. The Bertz CT molecular complexity index is 955. The topological polar surface area (TPSA) is 79.2 Å². The third kappa shape index (κ3) is 5.01. The molecule has 1 aromatic carbocycles. The summed E-state index contributed by atoms with van der Waals surface area (Å²) in [4.78, 5) is 16.5. The van der Waals surface area contributed by atoms with E-state index in [1.807, 2.05) is 30.3 Å². The van der Waals surface area contributed by atoms with Crippen LogP contribution in [0.3, 0.4) is 0 Å². The number of benzene rings is 1. The monoisotopic (exact) mass is 442 g/mol. The molecule has 0 aliphatic carbocycles. The molecule has 6 nitrogen and oxygen atoms in total. The average molecular weight is 444 g/mol. The van der Waals surface area contributed by atoms with E-state index in [1.165, 1.54) is 12.3 Å². The number of nitrogens with one attached hydrogen (secondary N) is 3. The second kappa shape index (κ2) is 8.31. The fourth-order valence-corrected chi connectivity index (χ4v) is 2.86. The highest BCUT2D eigenvalue weighted by Crippen LogP contribution is 2.29. The smallest absolute Gasteiger partial charge is 0.288 e. The van der Waals surface area contributed by atoms with Crippen molar-refractivity contribution < 1.29 is 9.21 Å². The number of pyridine rings is 1. The Morgan fingerprint density at radius 2 is 1.89 bits per heavy atom. The van der Waals surface area contributed by atoms with Crippen molar-refractivity contribution >= 4 is 74.6 Å². The zero-order chi connectivity index (χ0) is 19.4. The van der Waals surface area contributed by atoms with Gasteiger partial charge in [0.1, 0.15) is 6.17 Å². The summed E-state index contributed by atoms with van der Waals surface area (Å²) >= 11 is 23.2. The normalized spacial score (nSPS) is 12.4. The van der Waals surface area contributed by atoms with Crippen LogP contribution >= 0.6 is 47.0 Å². The largest absolute Gasteiger partial charge is 0.459 e. The van der Waals surface area contributed by atoms with Gasteiger partial charge in [0.2, 0.25) is 3.79 Å². The number of carbonyl (C=O) groups is 1. The molecule has 10 heteroatoms. The molecule has 1 amide bonds. The van der Waals surface area contributed by atoms with Gasteiger partial charge in [0.15, 0.2) is 10.9 Å². The van der Waals surface area contributed by atoms with E-state index in [2.05, 4.69) is 20.9 Å². The van der Waals surface area contributed by atoms with Gasteiger partial charge < -0.3 is 20.4 Å². The van der Waals surface area contributed by atoms with Crippen LogP contribution in [-0.2, 0) is 0 Å². The van der Waals surface area contributed by atoms with E-state index in [1.54, 1.807) is 12.3 Å². The number of hydrogen-bond acceptors (Lipinski definition) is 4. The third-order valence-electron chi connectivity index (χ3n) is 3.50. The van der Waals surface area contributed by atoms with Gasteiger partial charge in [0.25, 0.3) is 5.91 Å². The predicted octanol–water partition coefficient (Wildman–Crippen LogP) is 4.24. The lowest BCUT2D eigenvalue weighted by atomic mass is 10.2. The van der Waals surface area contributed by atoms with Crippen molar-refractivity contribution in [1.29, 1.82) is 0 Å². The van der Waals surface area contributed by atoms with Gasteiger partial charge in [0, 0.05) is 11.6 Å². The number of amides is 1. The van der Waals surface area contributed by atoms with Crippen LogP contribution < -0.4 is 16.0 Å². The molecule has 0 spiro atoms. The molecule has 140 valence electrons. The summed E-state index contributed by atoms with van der Waals surface area (Å²) in [6.45, 7) is 0. The summed E-state index contributed by atoms with van der Waals surface area (Å²) in [7, 11) is 0. The number of alkyl halides is 3. The molecule has 0 fully saturated rings. The van der Waals surface area contributed by atoms with Gasteiger partial charge in [0.05, 0.1) is 17.5 Å². The van der Waals surface area contributed by atoms with Crippen LogP contribution in [0.1, 0.15) is 10.6 Å². The predicted molar refractivity (Wildman–Crippen MR) is 111 cm³/mol. The third-order valence-corrected chi connectivity index (χ3v) is 4.38. The van der Waals surface area contributed by atoms with Gasteiger partial charge >= 0.3 is 0 Å². The minimum atomic E-state index is -1.87. The van der Waals surface area contributed by atoms with Crippen LogP contribution in [0.5, 0.6) is 0 Å². The van der Waals surface area contributed by atoms with E-state index in [4.69, 9.17) is 51.4 Å². The highest BCUT2D eigenvalue weighted by atomic mass is 35.6. The van der Waals surface area contributed by atoms with Gasteiger partial charge in [-0.1, -0.05) is 53.0 Å². The standard InChI is InChI=1S/C17H13Cl3N4O2S/c18-17(19,20)15(23-14(25)12-7-3-9-26-12)24-16(27)22-11-6-1-4-10-5-2-8-21-13(10)11/h1-9,15H,(H,23,25)(H2,22,24,27)/t15-/m1/s1. The summed E-state index contributed by atoms with van der Waals surface area (Å²) in [6, 6.07) is 12.4. The van der Waals surface area contributed by atoms with Crippen LogP contribution in [0.15, 0.2) is 59.3 Å². The summed E-state index contributed by atoms with van der Waals surface area (Å²) in [5.41, 5.74) is 1.40. The zero-order valence-corrected chi connectivity index (χ0v) is 16.7. The van der Waals surface area contributed by atoms with Crippen LogP contribution in [0.2, 0.25) is 0 Å². The second-order valence-corrected chi connectivity index (χ2v) is 8.18. The molecule has 0 aliphatic rings. The molecule has 2 heterocycles. The summed E-state index contributed by atoms with van der Waals surface area (Å²) in [5.74, 6) is -0.480. The molecule has 0 bridgehead atoms. The number of fused-ring (bicyclic) bond motifs is 1. The minimum Gasteiger partial charge on any atom is -0.459 e. The lowest BCUT2D eigenvalue weighted by Crippen LogP contribution is -2.56. The SMILES string of the molecule is O=C(N[C@H](NC(=S)Nc1cccc2cccnc12)C(Cl)(Cl)Cl)c1ccco1. The van der Waals surface area contributed by atoms with E-state index in [0.717, 1.165) is 10.9 Å². The first-order valence-electron chi connectivity index (χ1n) is 7.67. The number of hydrogen-bond donors (Lipinski definition) is 3. The molecule has 3 aromatic rings. The fraction of sp³-hybridized carbons (Fsp3) is 0.118. The van der Waals surface area contributed by atoms with Crippen LogP contribution in [0.4, 0.5) is 5.69 Å². The number of rotatable bonds is 4. The van der Waals surface area contributed by atoms with Crippen molar-refractivity contribution in [3.05, 3.63) is 60.7 Å². The number of carbonyl (C=O) groups excluding carboxylic acids is 1. The number of halogens is 3. The van der Waals surface area contributed by atoms with E-state index in [9.17, 15) is 4.79 Å². The first-order chi connectivity index (χ1) is 12.8. The average Bonchev–Trinajstić information content (AvgIpc) is 3.15. The Kier molecular flexibility index (Phi) is 6.06. The van der Waals surface area contributed by atoms with Gasteiger partial charge in [-0.05, 0) is 36.5 Å². The van der Waals surface area contributed by atoms with E-state index < -0.39 is 15.9 Å². The van der Waals surface area contributed by atoms with Crippen LogP contribution in [-0.4, -0.2) is 26.0 Å². The minimum absolute atomic E-state index is 0.0770. The van der Waals surface area contributed by atoms with E-state index in [-0.39, 0.29) is 10.9 Å². The zero-order valence-electron chi connectivity index (χ0n) is 13.6. The first kappa shape index (κ1) is 19.7. The summed E-state index contributed by atoms with van der Waals surface area (Å²) < 4.78 is 3.16. The highest BCUT2D eigenvalue weighted by molar-refractivity contribution is 7.80. The molecule has 3 N–H and O–H groups in total. The number of furan rings is 1. The Labute approximate surface area is 175 Å². The number of aromatic nitrogens is 1. The molecule has 27 heavy (non-hydrogen) atoms. The Balaban J connectivity index is 1.73. The highest BCUT2D eigenvalue weighted by Gasteiger charge is 2.35. The molecule has 0 aliphatic heterocycles. The molecule has 0 saturated heterocycles. The first-order valence-corrected chi connectivity index (χ1v) is 9.21. The Morgan fingerprint density at radius 3 is 2.59 bits per heavy atom. The van der Waals surface area contributed by atoms with Crippen molar-refractivity contribution in [2.24, 2.45) is 0 Å². The van der Waals surface area contributed by atoms with Gasteiger partial charge in [-0.3, -0.25) is 9.78 Å². The lowest BCUT2D eigenvalue weighted by molar-refractivity contribution is 0.0906. The molecule has 1 atom stereocenters. The molecule has 3 rings (SSSR count). The second-order valence-electron chi connectivity index (χ2n) is 5.40. The molecular weight excluding hydrogens is 431 g/mol. The lowest BCUT2D eigenvalue weighted by Gasteiger charge is -2.27. The molecule has 2 aromatic heterocycles. The van der Waals surface area contributed by atoms with Crippen molar-refractivity contribution in [3.63, 3.8) is 0 Å². The molecule has 0 radical (unpaired) electrons. The Hall–Kier alpha value is -2.06. The van der Waals surface area contributed by atoms with Crippen LogP contribution in [0, 0.1) is 0 Å². The molecule has 0 unspecified atom stereocenters. The maximum Gasteiger partial charge on any atom is 0.288 e. The number of nitrogens with zero attached hydrogens (tertiary/aromatic N) is 1. The maximum absolute atomic E-state index is 12.2. The molecular formula is C17H13Cl3N4O2S. The van der Waals surface area contributed by atoms with Crippen molar-refractivity contribution in [3.8, 4) is 0 Å². The number of anilines is 1. The van der Waals surface area contributed by atoms with E-state index >= 15 is 0 Å². The molecule has 0 saturated carbocycles.